The molecule has 0 spiro atoms. The molecule has 0 radical (unpaired) electrons. The first-order valence-electron chi connectivity index (χ1n) is 5.72. The first-order valence-corrected chi connectivity index (χ1v) is 6.53. The van der Waals surface area contributed by atoms with E-state index in [0.717, 1.165) is 22.0 Å². The van der Waals surface area contributed by atoms with Gasteiger partial charge in [-0.05, 0) is 30.3 Å². The van der Waals surface area contributed by atoms with Gasteiger partial charge in [-0.1, -0.05) is 18.7 Å². The number of rotatable bonds is 5. The van der Waals surface area contributed by atoms with Gasteiger partial charge in [0.05, 0.1) is 6.20 Å². The lowest BCUT2D eigenvalue weighted by molar-refractivity contribution is 0.617. The Hall–Kier alpha value is -1.46. The summed E-state index contributed by atoms with van der Waals surface area (Å²) in [5, 5.41) is 3.94. The standard InChI is InChI=1S/C13H14FN3S/c1-2-15-8-10-5-11(14)7-12(6-10)18-13-9-16-3-4-17-13/h3-7,9,15H,2,8H2,1H3. The molecular formula is C13H14FN3S. The molecule has 2 aromatic rings. The lowest BCUT2D eigenvalue weighted by Gasteiger charge is -2.06. The number of aromatic nitrogens is 2. The largest absolute Gasteiger partial charge is 0.313 e. The van der Waals surface area contributed by atoms with E-state index in [1.54, 1.807) is 24.7 Å². The first-order chi connectivity index (χ1) is 8.78. The summed E-state index contributed by atoms with van der Waals surface area (Å²) in [4.78, 5) is 8.98. The first kappa shape index (κ1) is 13.0. The zero-order valence-electron chi connectivity index (χ0n) is 10.1. The molecule has 0 fully saturated rings. The third kappa shape index (κ3) is 3.78. The Labute approximate surface area is 110 Å². The highest BCUT2D eigenvalue weighted by atomic mass is 32.2. The molecule has 0 saturated carbocycles. The van der Waals surface area contributed by atoms with Crippen molar-refractivity contribution in [2.75, 3.05) is 6.54 Å². The third-order valence-electron chi connectivity index (χ3n) is 2.27. The minimum Gasteiger partial charge on any atom is -0.313 e. The average Bonchev–Trinajstić information content (AvgIpc) is 2.37. The molecule has 0 aliphatic heterocycles. The summed E-state index contributed by atoms with van der Waals surface area (Å²) in [6.45, 7) is 3.56. The van der Waals surface area contributed by atoms with Crippen molar-refractivity contribution in [3.05, 3.63) is 48.2 Å². The number of benzene rings is 1. The monoisotopic (exact) mass is 263 g/mol. The zero-order valence-corrected chi connectivity index (χ0v) is 10.9. The Balaban J connectivity index is 2.15. The van der Waals surface area contributed by atoms with E-state index in [4.69, 9.17) is 0 Å². The van der Waals surface area contributed by atoms with E-state index in [-0.39, 0.29) is 5.82 Å². The molecule has 0 bridgehead atoms. The number of nitrogens with one attached hydrogen (secondary N) is 1. The normalized spacial score (nSPS) is 10.6. The molecule has 2 rings (SSSR count). The van der Waals surface area contributed by atoms with Crippen LogP contribution in [0.3, 0.4) is 0 Å². The van der Waals surface area contributed by atoms with E-state index < -0.39 is 0 Å². The maximum Gasteiger partial charge on any atom is 0.124 e. The summed E-state index contributed by atoms with van der Waals surface area (Å²) in [6, 6.07) is 5.02. The quantitative estimate of drug-likeness (QED) is 0.900. The fraction of sp³-hybridized carbons (Fsp3) is 0.231. The Morgan fingerprint density at radius 1 is 1.28 bits per heavy atom. The molecule has 5 heteroatoms. The second-order valence-corrected chi connectivity index (χ2v) is 4.82. The van der Waals surface area contributed by atoms with Gasteiger partial charge in [-0.3, -0.25) is 4.98 Å². The van der Waals surface area contributed by atoms with Gasteiger partial charge in [-0.2, -0.15) is 0 Å². The van der Waals surface area contributed by atoms with Crippen molar-refractivity contribution in [3.63, 3.8) is 0 Å². The van der Waals surface area contributed by atoms with Crippen LogP contribution in [0.25, 0.3) is 0 Å². The van der Waals surface area contributed by atoms with Crippen molar-refractivity contribution in [2.45, 2.75) is 23.4 Å². The van der Waals surface area contributed by atoms with Crippen LogP contribution in [-0.4, -0.2) is 16.5 Å². The van der Waals surface area contributed by atoms with Gasteiger partial charge >= 0.3 is 0 Å². The second-order valence-electron chi connectivity index (χ2n) is 3.72. The summed E-state index contributed by atoms with van der Waals surface area (Å²) < 4.78 is 13.5. The summed E-state index contributed by atoms with van der Waals surface area (Å²) in [5.74, 6) is -0.225. The molecule has 0 unspecified atom stereocenters. The number of halogens is 1. The average molecular weight is 263 g/mol. The van der Waals surface area contributed by atoms with Crippen LogP contribution >= 0.6 is 11.8 Å². The maximum atomic E-state index is 13.5. The lowest BCUT2D eigenvalue weighted by Crippen LogP contribution is -2.11. The van der Waals surface area contributed by atoms with Gasteiger partial charge in [0.15, 0.2) is 0 Å². The Morgan fingerprint density at radius 3 is 2.89 bits per heavy atom. The predicted octanol–water partition coefficient (Wildman–Crippen LogP) is 2.88. The van der Waals surface area contributed by atoms with Gasteiger partial charge in [0.1, 0.15) is 10.8 Å². The highest BCUT2D eigenvalue weighted by Gasteiger charge is 2.03. The summed E-state index contributed by atoms with van der Waals surface area (Å²) in [7, 11) is 0. The van der Waals surface area contributed by atoms with Crippen molar-refractivity contribution in [1.82, 2.24) is 15.3 Å². The number of hydrogen-bond acceptors (Lipinski definition) is 4. The molecule has 0 amide bonds. The Bertz CT molecular complexity index is 505. The number of hydrogen-bond donors (Lipinski definition) is 1. The summed E-state index contributed by atoms with van der Waals surface area (Å²) in [5.41, 5.74) is 0.934. The van der Waals surface area contributed by atoms with Crippen LogP contribution in [0.4, 0.5) is 4.39 Å². The minimum atomic E-state index is -0.225. The summed E-state index contributed by atoms with van der Waals surface area (Å²) in [6.07, 6.45) is 4.91. The van der Waals surface area contributed by atoms with E-state index in [1.165, 1.54) is 17.8 Å². The predicted molar refractivity (Wildman–Crippen MR) is 69.9 cm³/mol. The SMILES string of the molecule is CCNCc1cc(F)cc(Sc2cnccn2)c1. The molecule has 0 atom stereocenters. The molecule has 1 heterocycles. The van der Waals surface area contributed by atoms with E-state index in [0.29, 0.717) is 6.54 Å². The van der Waals surface area contributed by atoms with E-state index >= 15 is 0 Å². The summed E-state index contributed by atoms with van der Waals surface area (Å²) >= 11 is 1.41. The van der Waals surface area contributed by atoms with Crippen molar-refractivity contribution in [1.29, 1.82) is 0 Å². The molecule has 3 nitrogen and oxygen atoms in total. The third-order valence-corrected chi connectivity index (χ3v) is 3.16. The van der Waals surface area contributed by atoms with Gasteiger partial charge in [0.2, 0.25) is 0 Å². The zero-order chi connectivity index (χ0) is 12.8. The minimum absolute atomic E-state index is 0.225. The van der Waals surface area contributed by atoms with E-state index in [1.807, 2.05) is 13.0 Å². The van der Waals surface area contributed by atoms with Crippen LogP contribution in [0.1, 0.15) is 12.5 Å². The number of nitrogens with zero attached hydrogens (tertiary/aromatic N) is 2. The van der Waals surface area contributed by atoms with E-state index in [2.05, 4.69) is 15.3 Å². The molecule has 1 aromatic heterocycles. The van der Waals surface area contributed by atoms with Crippen LogP contribution in [0, 0.1) is 5.82 Å². The van der Waals surface area contributed by atoms with Crippen molar-refractivity contribution in [3.8, 4) is 0 Å². The molecule has 1 aromatic carbocycles. The molecule has 0 saturated heterocycles. The molecule has 94 valence electrons. The fourth-order valence-corrected chi connectivity index (χ4v) is 2.36. The molecule has 1 N–H and O–H groups in total. The van der Waals surface area contributed by atoms with Crippen LogP contribution < -0.4 is 5.32 Å². The van der Waals surface area contributed by atoms with E-state index in [9.17, 15) is 4.39 Å². The van der Waals surface area contributed by atoms with Crippen LogP contribution in [0.2, 0.25) is 0 Å². The van der Waals surface area contributed by atoms with Crippen LogP contribution in [0.15, 0.2) is 46.7 Å². The lowest BCUT2D eigenvalue weighted by atomic mass is 10.2. The van der Waals surface area contributed by atoms with Crippen molar-refractivity contribution < 1.29 is 4.39 Å². The van der Waals surface area contributed by atoms with Crippen LogP contribution in [0.5, 0.6) is 0 Å². The van der Waals surface area contributed by atoms with Gasteiger partial charge in [-0.25, -0.2) is 9.37 Å². The van der Waals surface area contributed by atoms with Crippen molar-refractivity contribution in [2.24, 2.45) is 0 Å². The molecule has 0 aliphatic rings. The smallest absolute Gasteiger partial charge is 0.124 e. The Morgan fingerprint density at radius 2 is 2.17 bits per heavy atom. The van der Waals surface area contributed by atoms with Gasteiger partial charge in [-0.15, -0.1) is 0 Å². The van der Waals surface area contributed by atoms with Crippen LogP contribution in [-0.2, 0) is 6.54 Å². The Kier molecular flexibility index (Phi) is 4.66. The van der Waals surface area contributed by atoms with Gasteiger partial charge in [0, 0.05) is 23.8 Å². The van der Waals surface area contributed by atoms with Gasteiger partial charge < -0.3 is 5.32 Å². The second kappa shape index (κ2) is 6.47. The molecular weight excluding hydrogens is 249 g/mol. The highest BCUT2D eigenvalue weighted by Crippen LogP contribution is 2.26. The molecule has 18 heavy (non-hydrogen) atoms. The maximum absolute atomic E-state index is 13.5. The fourth-order valence-electron chi connectivity index (χ4n) is 1.51. The van der Waals surface area contributed by atoms with Gasteiger partial charge in [0.25, 0.3) is 0 Å². The topological polar surface area (TPSA) is 37.8 Å². The molecule has 0 aliphatic carbocycles. The van der Waals surface area contributed by atoms with Crippen molar-refractivity contribution >= 4 is 11.8 Å². The highest BCUT2D eigenvalue weighted by molar-refractivity contribution is 7.99.